The number of benzene rings is 3. The lowest BCUT2D eigenvalue weighted by Crippen LogP contribution is -2.54. The molecule has 6 nitrogen and oxygen atoms in total. The predicted octanol–water partition coefficient (Wildman–Crippen LogP) is 3.41. The van der Waals surface area contributed by atoms with Gasteiger partial charge in [0.15, 0.2) is 9.84 Å². The van der Waals surface area contributed by atoms with Crippen molar-refractivity contribution in [3.05, 3.63) is 95.6 Å². The molecule has 0 unspecified atom stereocenters. The number of sulfone groups is 1. The molecule has 2 heterocycles. The van der Waals surface area contributed by atoms with E-state index in [1.165, 1.54) is 9.80 Å². The maximum atomic E-state index is 14.0. The number of amides is 2. The van der Waals surface area contributed by atoms with Gasteiger partial charge in [0, 0.05) is 11.3 Å². The maximum Gasteiger partial charge on any atom is 0.274 e. The molecule has 0 radical (unpaired) electrons. The minimum Gasteiger partial charge on any atom is -0.304 e. The van der Waals surface area contributed by atoms with Crippen molar-refractivity contribution in [1.82, 2.24) is 0 Å². The molecule has 7 heteroatoms. The van der Waals surface area contributed by atoms with Gasteiger partial charge in [-0.15, -0.1) is 0 Å². The number of fused-ring (bicyclic) bond motifs is 2. The average molecular weight is 447 g/mol. The summed E-state index contributed by atoms with van der Waals surface area (Å²) in [5.41, 5.74) is 3.16. The summed E-state index contributed by atoms with van der Waals surface area (Å²) in [6.07, 6.45) is 0.810. The van der Waals surface area contributed by atoms with Gasteiger partial charge >= 0.3 is 0 Å². The summed E-state index contributed by atoms with van der Waals surface area (Å²) in [5.74, 6) is -1.92. The van der Waals surface area contributed by atoms with Crippen LogP contribution in [0, 0.1) is 0 Å². The third kappa shape index (κ3) is 2.74. The Morgan fingerprint density at radius 2 is 1.50 bits per heavy atom. The Hall–Kier alpha value is -3.45. The highest BCUT2D eigenvalue weighted by Gasteiger charge is 2.69. The van der Waals surface area contributed by atoms with Gasteiger partial charge in [0.1, 0.15) is 5.75 Å². The Morgan fingerprint density at radius 1 is 0.844 bits per heavy atom. The van der Waals surface area contributed by atoms with E-state index in [0.717, 1.165) is 17.5 Å². The molecule has 1 spiro atoms. The zero-order valence-corrected chi connectivity index (χ0v) is 18.4. The van der Waals surface area contributed by atoms with Crippen LogP contribution in [-0.4, -0.2) is 26.0 Å². The first kappa shape index (κ1) is 20.5. The zero-order chi connectivity index (χ0) is 22.5. The fraction of sp³-hybridized carbons (Fsp3) is 0.200. The highest BCUT2D eigenvalue weighted by atomic mass is 32.2. The van der Waals surface area contributed by atoms with Crippen LogP contribution >= 0.6 is 0 Å². The van der Waals surface area contributed by atoms with Gasteiger partial charge in [-0.3, -0.25) is 14.5 Å². The van der Waals surface area contributed by atoms with Crippen LogP contribution in [-0.2, 0) is 37.3 Å². The van der Waals surface area contributed by atoms with Crippen molar-refractivity contribution in [2.45, 2.75) is 24.8 Å². The highest BCUT2D eigenvalue weighted by molar-refractivity contribution is 7.94. The molecular weight excluding hydrogens is 424 g/mol. The second-order valence-electron chi connectivity index (χ2n) is 8.05. The maximum absolute atomic E-state index is 14.0. The lowest BCUT2D eigenvalue weighted by Gasteiger charge is -2.32. The van der Waals surface area contributed by atoms with Crippen LogP contribution in [0.3, 0.4) is 0 Å². The number of hydrogen-bond acceptors (Lipinski definition) is 4. The summed E-state index contributed by atoms with van der Waals surface area (Å²) >= 11 is 0. The Morgan fingerprint density at radius 3 is 2.19 bits per heavy atom. The van der Waals surface area contributed by atoms with Crippen molar-refractivity contribution < 1.29 is 18.0 Å². The molecule has 5 rings (SSSR count). The summed E-state index contributed by atoms with van der Waals surface area (Å²) in [6.45, 7) is 2.23. The van der Waals surface area contributed by atoms with Crippen molar-refractivity contribution in [1.29, 1.82) is 0 Å². The first-order valence-corrected chi connectivity index (χ1v) is 12.1. The fourth-order valence-electron chi connectivity index (χ4n) is 4.70. The van der Waals surface area contributed by atoms with Crippen molar-refractivity contribution in [3.8, 4) is 0 Å². The lowest BCUT2D eigenvalue weighted by atomic mass is 10.0. The second-order valence-corrected chi connectivity index (χ2v) is 10.2. The van der Waals surface area contributed by atoms with Gasteiger partial charge in [-0.2, -0.15) is 0 Å². The molecule has 0 bridgehead atoms. The first-order chi connectivity index (χ1) is 15.4. The summed E-state index contributed by atoms with van der Waals surface area (Å²) < 4.78 is 27.1. The molecule has 0 aromatic heterocycles. The molecule has 3 aromatic carbocycles. The number of hydrogen-bond donors (Lipinski definition) is 0. The molecule has 32 heavy (non-hydrogen) atoms. The van der Waals surface area contributed by atoms with Gasteiger partial charge in [-0.05, 0) is 35.7 Å². The fourth-order valence-corrected chi connectivity index (χ4v) is 6.73. The van der Waals surface area contributed by atoms with Crippen LogP contribution in [0.25, 0.3) is 0 Å². The number of carbonyl (C=O) groups excluding carboxylic acids is 2. The van der Waals surface area contributed by atoms with E-state index in [-0.39, 0.29) is 6.54 Å². The molecular formula is C25H22N2O4S. The SMILES string of the molecule is CCc1ccc(N2C(=O)CS(=O)(=O)[C@@]23C(=O)N(Cc2ccccc2)c2ccccc23)cc1. The normalized spacial score (nSPS) is 21.4. The van der Waals surface area contributed by atoms with Crippen molar-refractivity contribution in [2.24, 2.45) is 0 Å². The Bertz CT molecular complexity index is 1320. The molecule has 162 valence electrons. The van der Waals surface area contributed by atoms with Gasteiger partial charge in [-0.1, -0.05) is 67.6 Å². The molecule has 0 aliphatic carbocycles. The van der Waals surface area contributed by atoms with E-state index in [4.69, 9.17) is 0 Å². The van der Waals surface area contributed by atoms with Gasteiger partial charge in [0.2, 0.25) is 5.91 Å². The summed E-state index contributed by atoms with van der Waals surface area (Å²) in [4.78, 5) is 27.7. The number of rotatable bonds is 4. The number of nitrogens with zero attached hydrogens (tertiary/aromatic N) is 2. The van der Waals surface area contributed by atoms with E-state index in [0.29, 0.717) is 16.9 Å². The molecule has 2 amide bonds. The van der Waals surface area contributed by atoms with Crippen LogP contribution in [0.15, 0.2) is 78.9 Å². The van der Waals surface area contributed by atoms with Crippen LogP contribution in [0.2, 0.25) is 0 Å². The molecule has 1 saturated heterocycles. The Balaban J connectivity index is 1.72. The van der Waals surface area contributed by atoms with E-state index >= 15 is 0 Å². The number of para-hydroxylation sites is 1. The third-order valence-electron chi connectivity index (χ3n) is 6.21. The van der Waals surface area contributed by atoms with E-state index < -0.39 is 32.3 Å². The molecule has 3 aromatic rings. The highest BCUT2D eigenvalue weighted by Crippen LogP contribution is 2.52. The first-order valence-electron chi connectivity index (χ1n) is 10.5. The smallest absolute Gasteiger partial charge is 0.274 e. The molecule has 0 N–H and O–H groups in total. The van der Waals surface area contributed by atoms with Crippen LogP contribution in [0.4, 0.5) is 11.4 Å². The summed E-state index contributed by atoms with van der Waals surface area (Å²) in [5, 5.41) is 0. The minimum atomic E-state index is -4.15. The molecule has 1 fully saturated rings. The monoisotopic (exact) mass is 446 g/mol. The molecule has 1 atom stereocenters. The Labute approximate surface area is 187 Å². The molecule has 2 aliphatic heterocycles. The number of aryl methyl sites for hydroxylation is 1. The standard InChI is InChI=1S/C25H22N2O4S/c1-2-18-12-14-20(15-13-18)27-23(28)17-32(30,31)25(27)21-10-6-7-11-22(21)26(24(25)29)16-19-8-4-3-5-9-19/h3-15H,2,16-17H2,1H3/t25-/m0/s1. The largest absolute Gasteiger partial charge is 0.304 e. The predicted molar refractivity (Wildman–Crippen MR) is 123 cm³/mol. The average Bonchev–Trinajstić information content (AvgIpc) is 3.17. The van der Waals surface area contributed by atoms with Crippen molar-refractivity contribution in [2.75, 3.05) is 15.6 Å². The molecule has 2 aliphatic rings. The minimum absolute atomic E-state index is 0.213. The topological polar surface area (TPSA) is 74.8 Å². The van der Waals surface area contributed by atoms with Crippen LogP contribution < -0.4 is 9.80 Å². The van der Waals surface area contributed by atoms with Crippen molar-refractivity contribution in [3.63, 3.8) is 0 Å². The number of carbonyl (C=O) groups is 2. The van der Waals surface area contributed by atoms with E-state index in [1.807, 2.05) is 49.4 Å². The van der Waals surface area contributed by atoms with E-state index in [1.54, 1.807) is 36.4 Å². The van der Waals surface area contributed by atoms with Crippen LogP contribution in [0.5, 0.6) is 0 Å². The second kappa shape index (κ2) is 7.31. The zero-order valence-electron chi connectivity index (χ0n) is 17.6. The summed E-state index contributed by atoms with van der Waals surface area (Å²) in [6, 6.07) is 23.4. The lowest BCUT2D eigenvalue weighted by molar-refractivity contribution is -0.123. The van der Waals surface area contributed by atoms with Gasteiger partial charge in [-0.25, -0.2) is 8.42 Å². The van der Waals surface area contributed by atoms with Crippen LogP contribution in [0.1, 0.15) is 23.6 Å². The van der Waals surface area contributed by atoms with Gasteiger partial charge < -0.3 is 4.90 Å². The van der Waals surface area contributed by atoms with Gasteiger partial charge in [0.05, 0.1) is 12.2 Å². The Kier molecular flexibility index (Phi) is 4.67. The van der Waals surface area contributed by atoms with E-state index in [2.05, 4.69) is 0 Å². The van der Waals surface area contributed by atoms with E-state index in [9.17, 15) is 18.0 Å². The summed E-state index contributed by atoms with van der Waals surface area (Å²) in [7, 11) is -4.15. The third-order valence-corrected chi connectivity index (χ3v) is 8.31. The van der Waals surface area contributed by atoms with Crippen molar-refractivity contribution >= 4 is 33.0 Å². The number of anilines is 2. The quantitative estimate of drug-likeness (QED) is 0.616. The molecule has 0 saturated carbocycles. The van der Waals surface area contributed by atoms with Gasteiger partial charge in [0.25, 0.3) is 10.8 Å².